The lowest BCUT2D eigenvalue weighted by atomic mass is 10.0. The molecule has 0 bridgehead atoms. The Bertz CT molecular complexity index is 1440. The second kappa shape index (κ2) is 15.7. The van der Waals surface area contributed by atoms with Crippen LogP contribution >= 0.6 is 0 Å². The fraction of sp³-hybridized carbons (Fsp3) is 0.212. The Balaban J connectivity index is 1.81. The first-order valence-corrected chi connectivity index (χ1v) is 13.3. The number of carbonyl (C=O) groups excluding carboxylic acids is 3. The second-order valence-electron chi connectivity index (χ2n) is 9.57. The monoisotopic (exact) mass is 552 g/mol. The number of allylic oxidation sites excluding steroid dienone is 2. The van der Waals surface area contributed by atoms with Gasteiger partial charge in [0.05, 0.1) is 13.2 Å². The molecule has 0 aliphatic rings. The fourth-order valence-electron chi connectivity index (χ4n) is 3.95. The van der Waals surface area contributed by atoms with Crippen LogP contribution in [0, 0.1) is 0 Å². The van der Waals surface area contributed by atoms with Gasteiger partial charge in [0.1, 0.15) is 12.1 Å². The largest absolute Gasteiger partial charge is 0.374 e. The van der Waals surface area contributed by atoms with Crippen molar-refractivity contribution in [2.24, 2.45) is 5.10 Å². The van der Waals surface area contributed by atoms with Gasteiger partial charge in [0.15, 0.2) is 0 Å². The summed E-state index contributed by atoms with van der Waals surface area (Å²) in [7, 11) is 0. The van der Waals surface area contributed by atoms with Gasteiger partial charge in [-0.2, -0.15) is 5.10 Å². The zero-order chi connectivity index (χ0) is 29.6. The van der Waals surface area contributed by atoms with Crippen molar-refractivity contribution in [1.82, 2.24) is 16.1 Å². The van der Waals surface area contributed by atoms with Crippen LogP contribution in [0.25, 0.3) is 10.8 Å². The molecule has 3 N–H and O–H groups in total. The molecule has 3 rings (SSSR count). The number of benzene rings is 3. The van der Waals surface area contributed by atoms with E-state index >= 15 is 0 Å². The molecule has 0 aliphatic heterocycles. The molecule has 0 aromatic heterocycles. The van der Waals surface area contributed by atoms with E-state index in [1.165, 1.54) is 0 Å². The molecular formula is C33H36N4O4. The van der Waals surface area contributed by atoms with E-state index < -0.39 is 29.8 Å². The van der Waals surface area contributed by atoms with E-state index in [2.05, 4.69) is 34.3 Å². The highest BCUT2D eigenvalue weighted by Gasteiger charge is 2.28. The molecule has 3 amide bonds. The molecule has 0 saturated carbocycles. The number of nitrogens with one attached hydrogen (secondary N) is 3. The Morgan fingerprint density at radius 1 is 0.878 bits per heavy atom. The molecule has 3 aromatic carbocycles. The van der Waals surface area contributed by atoms with Crippen LogP contribution < -0.4 is 16.1 Å². The number of nitrogens with zero attached hydrogens (tertiary/aromatic N) is 1. The Labute approximate surface area is 240 Å². The summed E-state index contributed by atoms with van der Waals surface area (Å²) in [6.07, 6.45) is 5.19. The van der Waals surface area contributed by atoms with E-state index in [1.807, 2.05) is 60.7 Å². The van der Waals surface area contributed by atoms with E-state index in [4.69, 9.17) is 4.74 Å². The summed E-state index contributed by atoms with van der Waals surface area (Å²) in [5.74, 6) is -1.48. The van der Waals surface area contributed by atoms with E-state index in [0.29, 0.717) is 11.3 Å². The summed E-state index contributed by atoms with van der Waals surface area (Å²) >= 11 is 0. The molecule has 8 heteroatoms. The maximum Gasteiger partial charge on any atom is 0.265 e. The molecule has 0 aliphatic carbocycles. The van der Waals surface area contributed by atoms with Gasteiger partial charge in [-0.05, 0) is 47.9 Å². The maximum absolute atomic E-state index is 13.6. The topological polar surface area (TPSA) is 109 Å². The molecule has 2 atom stereocenters. The number of rotatable bonds is 14. The average Bonchev–Trinajstić information content (AvgIpc) is 2.98. The van der Waals surface area contributed by atoms with Crippen LogP contribution in [0.2, 0.25) is 0 Å². The number of ether oxygens (including phenoxy) is 1. The van der Waals surface area contributed by atoms with E-state index in [-0.39, 0.29) is 19.6 Å². The molecule has 212 valence electrons. The number of amides is 3. The maximum atomic E-state index is 13.6. The number of carbonyl (C=O) groups is 3. The standard InChI is InChI=1S/C33H36N4O4/c1-5-12-24(6-2)21-41-22-30(33(40)37-36-23(3)4)35-32(39)29(19-25-13-8-7-9-14-25)34-31(38)28-18-17-26-15-10-11-16-27(26)20-28/h5-18,20,29-30H,1-2,19,21-22H2,3-4H3,(H,34,38)(H,35,39)(H,37,40)/b24-12+. The number of hydrogen-bond acceptors (Lipinski definition) is 5. The van der Waals surface area contributed by atoms with Crippen LogP contribution in [0.1, 0.15) is 29.8 Å². The number of fused-ring (bicyclic) bond motifs is 1. The molecule has 41 heavy (non-hydrogen) atoms. The van der Waals surface area contributed by atoms with Crippen LogP contribution in [-0.2, 0) is 20.7 Å². The number of hydrazone groups is 1. The smallest absolute Gasteiger partial charge is 0.265 e. The predicted octanol–water partition coefficient (Wildman–Crippen LogP) is 4.49. The Morgan fingerprint density at radius 3 is 2.27 bits per heavy atom. The quantitative estimate of drug-likeness (QED) is 0.156. The third-order valence-electron chi connectivity index (χ3n) is 6.09. The lowest BCUT2D eigenvalue weighted by Gasteiger charge is -2.23. The molecule has 0 heterocycles. The molecule has 0 spiro atoms. The first kappa shape index (κ1) is 30.7. The van der Waals surface area contributed by atoms with Crippen molar-refractivity contribution in [2.45, 2.75) is 32.4 Å². The minimum atomic E-state index is -1.07. The van der Waals surface area contributed by atoms with Crippen LogP contribution in [0.4, 0.5) is 0 Å². The summed E-state index contributed by atoms with van der Waals surface area (Å²) in [5.41, 5.74) is 5.12. The molecule has 0 fully saturated rings. The average molecular weight is 553 g/mol. The van der Waals surface area contributed by atoms with Crippen molar-refractivity contribution in [3.05, 3.63) is 121 Å². The van der Waals surface area contributed by atoms with Crippen molar-refractivity contribution in [1.29, 1.82) is 0 Å². The molecule has 8 nitrogen and oxygen atoms in total. The SMILES string of the molecule is C=C/C=C(\C=C)COCC(NC(=O)C(Cc1ccccc1)NC(=O)c1ccc2ccccc2c1)C(=O)NN=C(C)C. The third-order valence-corrected chi connectivity index (χ3v) is 6.09. The fourth-order valence-corrected chi connectivity index (χ4v) is 3.95. The summed E-state index contributed by atoms with van der Waals surface area (Å²) < 4.78 is 5.72. The first-order valence-electron chi connectivity index (χ1n) is 13.3. The molecule has 3 aromatic rings. The van der Waals surface area contributed by atoms with Gasteiger partial charge in [-0.15, -0.1) is 0 Å². The van der Waals surface area contributed by atoms with Gasteiger partial charge in [-0.3, -0.25) is 14.4 Å². The van der Waals surface area contributed by atoms with E-state index in [1.54, 1.807) is 44.2 Å². The lowest BCUT2D eigenvalue weighted by Crippen LogP contribution is -2.55. The second-order valence-corrected chi connectivity index (χ2v) is 9.57. The highest BCUT2D eigenvalue weighted by atomic mass is 16.5. The Morgan fingerprint density at radius 2 is 1.59 bits per heavy atom. The summed E-state index contributed by atoms with van der Waals surface area (Å²) in [4.78, 5) is 39.8. The van der Waals surface area contributed by atoms with E-state index in [9.17, 15) is 14.4 Å². The lowest BCUT2D eigenvalue weighted by molar-refractivity contribution is -0.131. The minimum Gasteiger partial charge on any atom is -0.374 e. The van der Waals surface area contributed by atoms with Gasteiger partial charge in [-0.1, -0.05) is 92.0 Å². The zero-order valence-corrected chi connectivity index (χ0v) is 23.4. The molecule has 0 radical (unpaired) electrons. The van der Waals surface area contributed by atoms with Crippen LogP contribution in [0.15, 0.2) is 115 Å². The molecule has 2 unspecified atom stereocenters. The Hall–Kier alpha value is -4.82. The first-order chi connectivity index (χ1) is 19.8. The van der Waals surface area contributed by atoms with Crippen LogP contribution in [0.5, 0.6) is 0 Å². The highest BCUT2D eigenvalue weighted by Crippen LogP contribution is 2.16. The Kier molecular flexibility index (Phi) is 11.8. The van der Waals surface area contributed by atoms with Crippen LogP contribution in [-0.4, -0.2) is 48.7 Å². The third kappa shape index (κ3) is 9.70. The van der Waals surface area contributed by atoms with Crippen LogP contribution in [0.3, 0.4) is 0 Å². The summed E-state index contributed by atoms with van der Waals surface area (Å²) in [6, 6.07) is 20.4. The van der Waals surface area contributed by atoms with Crippen molar-refractivity contribution >= 4 is 34.2 Å². The zero-order valence-electron chi connectivity index (χ0n) is 23.4. The van der Waals surface area contributed by atoms with Gasteiger partial charge >= 0.3 is 0 Å². The molecular weight excluding hydrogens is 516 g/mol. The predicted molar refractivity (Wildman–Crippen MR) is 164 cm³/mol. The minimum absolute atomic E-state index is 0.130. The highest BCUT2D eigenvalue weighted by molar-refractivity contribution is 6.01. The van der Waals surface area contributed by atoms with Gasteiger partial charge < -0.3 is 15.4 Å². The summed E-state index contributed by atoms with van der Waals surface area (Å²) in [6.45, 7) is 10.9. The van der Waals surface area contributed by atoms with Gasteiger partial charge in [0.25, 0.3) is 11.8 Å². The van der Waals surface area contributed by atoms with Gasteiger partial charge in [0, 0.05) is 17.7 Å². The number of hydrogen-bond donors (Lipinski definition) is 3. The van der Waals surface area contributed by atoms with Crippen molar-refractivity contribution in [3.63, 3.8) is 0 Å². The van der Waals surface area contributed by atoms with Crippen molar-refractivity contribution in [3.8, 4) is 0 Å². The van der Waals surface area contributed by atoms with E-state index in [0.717, 1.165) is 21.9 Å². The van der Waals surface area contributed by atoms with Gasteiger partial charge in [-0.25, -0.2) is 5.43 Å². The van der Waals surface area contributed by atoms with Crippen molar-refractivity contribution in [2.75, 3.05) is 13.2 Å². The van der Waals surface area contributed by atoms with Gasteiger partial charge in [0.2, 0.25) is 5.91 Å². The summed E-state index contributed by atoms with van der Waals surface area (Å²) in [5, 5.41) is 11.5. The molecule has 0 saturated heterocycles. The van der Waals surface area contributed by atoms with Crippen molar-refractivity contribution < 1.29 is 19.1 Å². The normalized spacial score (nSPS) is 12.5.